The van der Waals surface area contributed by atoms with Crippen molar-refractivity contribution in [3.63, 3.8) is 0 Å². The van der Waals surface area contributed by atoms with E-state index in [2.05, 4.69) is 5.32 Å². The fourth-order valence-electron chi connectivity index (χ4n) is 4.25. The van der Waals surface area contributed by atoms with Crippen LogP contribution in [0.4, 0.5) is 5.69 Å². The third-order valence-electron chi connectivity index (χ3n) is 6.84. The molecule has 0 radical (unpaired) electrons. The first-order valence-corrected chi connectivity index (χ1v) is 15.3. The minimum Gasteiger partial charge on any atom is -0.352 e. The quantitative estimate of drug-likeness (QED) is 0.289. The van der Waals surface area contributed by atoms with E-state index in [4.69, 9.17) is 11.6 Å². The van der Waals surface area contributed by atoms with E-state index in [1.165, 1.54) is 23.1 Å². The van der Waals surface area contributed by atoms with Gasteiger partial charge in [0.15, 0.2) is 0 Å². The van der Waals surface area contributed by atoms with E-state index in [-0.39, 0.29) is 29.1 Å². The summed E-state index contributed by atoms with van der Waals surface area (Å²) in [5, 5.41) is 3.32. The van der Waals surface area contributed by atoms with Gasteiger partial charge in [-0.1, -0.05) is 79.0 Å². The molecule has 0 aliphatic heterocycles. The van der Waals surface area contributed by atoms with Gasteiger partial charge in [-0.15, -0.1) is 0 Å². The van der Waals surface area contributed by atoms with Crippen LogP contribution < -0.4 is 9.62 Å². The Morgan fingerprint density at radius 3 is 2.05 bits per heavy atom. The molecule has 40 heavy (non-hydrogen) atoms. The highest BCUT2D eigenvalue weighted by Crippen LogP contribution is 2.27. The minimum absolute atomic E-state index is 0.0533. The van der Waals surface area contributed by atoms with Gasteiger partial charge in [0.2, 0.25) is 11.8 Å². The number of aryl methyl sites for hydroxylation is 2. The van der Waals surface area contributed by atoms with E-state index < -0.39 is 28.5 Å². The zero-order valence-electron chi connectivity index (χ0n) is 23.7. The Morgan fingerprint density at radius 2 is 1.50 bits per heavy atom. The first-order chi connectivity index (χ1) is 19.0. The van der Waals surface area contributed by atoms with Gasteiger partial charge in [0.05, 0.1) is 10.6 Å². The van der Waals surface area contributed by atoms with Crippen molar-refractivity contribution in [1.29, 1.82) is 0 Å². The smallest absolute Gasteiger partial charge is 0.264 e. The standard InChI is InChI=1S/C31H38ClN3O4S/c1-6-24(5)33-31(37)29(7-2)34(20-25-15-11-22(3)12-16-25)30(36)21-35(27-10-8-9-26(32)19-27)40(38,39)28-17-13-23(4)14-18-28/h8-19,24,29H,6-7,20-21H2,1-5H3,(H,33,37)/t24-,29+/m1/s1. The fourth-order valence-corrected chi connectivity index (χ4v) is 5.84. The molecule has 0 fully saturated rings. The molecule has 0 aliphatic carbocycles. The van der Waals surface area contributed by atoms with Crippen molar-refractivity contribution in [1.82, 2.24) is 10.2 Å². The molecule has 0 aliphatic rings. The number of benzene rings is 3. The highest BCUT2D eigenvalue weighted by atomic mass is 35.5. The minimum atomic E-state index is -4.14. The van der Waals surface area contributed by atoms with Crippen molar-refractivity contribution in [3.8, 4) is 0 Å². The number of halogens is 1. The summed E-state index contributed by atoms with van der Waals surface area (Å²) in [6.45, 7) is 9.21. The van der Waals surface area contributed by atoms with Crippen molar-refractivity contribution in [2.45, 2.75) is 71.0 Å². The number of nitrogens with zero attached hydrogens (tertiary/aromatic N) is 2. The number of hydrogen-bond acceptors (Lipinski definition) is 4. The Bertz CT molecular complexity index is 1410. The normalized spacial score (nSPS) is 12.8. The average molecular weight is 584 g/mol. The van der Waals surface area contributed by atoms with E-state index in [0.717, 1.165) is 27.4 Å². The van der Waals surface area contributed by atoms with Gasteiger partial charge in [-0.05, 0) is 69.5 Å². The number of rotatable bonds is 12. The molecule has 0 saturated heterocycles. The van der Waals surface area contributed by atoms with Crippen molar-refractivity contribution < 1.29 is 18.0 Å². The summed E-state index contributed by atoms with van der Waals surface area (Å²) in [6, 6.07) is 19.7. The van der Waals surface area contributed by atoms with Gasteiger partial charge < -0.3 is 10.2 Å². The van der Waals surface area contributed by atoms with E-state index >= 15 is 0 Å². The third kappa shape index (κ3) is 7.86. The summed E-state index contributed by atoms with van der Waals surface area (Å²) < 4.78 is 28.9. The Labute approximate surface area is 243 Å². The van der Waals surface area contributed by atoms with Gasteiger partial charge in [0, 0.05) is 17.6 Å². The van der Waals surface area contributed by atoms with Crippen LogP contribution in [0.1, 0.15) is 50.3 Å². The number of anilines is 1. The first-order valence-electron chi connectivity index (χ1n) is 13.5. The zero-order chi connectivity index (χ0) is 29.4. The molecule has 214 valence electrons. The predicted molar refractivity (Wildman–Crippen MR) is 161 cm³/mol. The lowest BCUT2D eigenvalue weighted by Crippen LogP contribution is -2.53. The summed E-state index contributed by atoms with van der Waals surface area (Å²) >= 11 is 6.23. The van der Waals surface area contributed by atoms with Crippen LogP contribution in [-0.2, 0) is 26.2 Å². The van der Waals surface area contributed by atoms with Crippen LogP contribution in [0, 0.1) is 13.8 Å². The van der Waals surface area contributed by atoms with Crippen LogP contribution in [0.25, 0.3) is 0 Å². The molecule has 2 amide bonds. The maximum absolute atomic E-state index is 14.1. The summed E-state index contributed by atoms with van der Waals surface area (Å²) in [4.78, 5) is 28.9. The highest BCUT2D eigenvalue weighted by Gasteiger charge is 2.34. The first kappa shape index (κ1) is 31.2. The molecule has 0 heterocycles. The van der Waals surface area contributed by atoms with Crippen LogP contribution in [0.5, 0.6) is 0 Å². The van der Waals surface area contributed by atoms with Crippen molar-refractivity contribution >= 4 is 39.1 Å². The molecular formula is C31H38ClN3O4S. The van der Waals surface area contributed by atoms with E-state index in [1.54, 1.807) is 30.3 Å². The molecule has 9 heteroatoms. The van der Waals surface area contributed by atoms with Crippen molar-refractivity contribution in [2.75, 3.05) is 10.8 Å². The van der Waals surface area contributed by atoms with Crippen LogP contribution in [0.2, 0.25) is 5.02 Å². The highest BCUT2D eigenvalue weighted by molar-refractivity contribution is 7.92. The Hall–Kier alpha value is -3.36. The van der Waals surface area contributed by atoms with E-state index in [9.17, 15) is 18.0 Å². The molecule has 2 atom stereocenters. The number of sulfonamides is 1. The zero-order valence-corrected chi connectivity index (χ0v) is 25.3. The number of nitrogens with one attached hydrogen (secondary N) is 1. The lowest BCUT2D eigenvalue weighted by Gasteiger charge is -2.33. The average Bonchev–Trinajstić information content (AvgIpc) is 2.92. The van der Waals surface area contributed by atoms with Crippen LogP contribution in [0.15, 0.2) is 77.7 Å². The molecule has 3 aromatic carbocycles. The van der Waals surface area contributed by atoms with Gasteiger partial charge in [0.25, 0.3) is 10.0 Å². The SMILES string of the molecule is CC[C@@H](C)NC(=O)[C@H](CC)N(Cc1ccc(C)cc1)C(=O)CN(c1cccc(Cl)c1)S(=O)(=O)c1ccc(C)cc1. The monoisotopic (exact) mass is 583 g/mol. The van der Waals surface area contributed by atoms with E-state index in [0.29, 0.717) is 11.4 Å². The van der Waals surface area contributed by atoms with Gasteiger partial charge in [-0.2, -0.15) is 0 Å². The largest absolute Gasteiger partial charge is 0.352 e. The van der Waals surface area contributed by atoms with Crippen molar-refractivity contribution in [2.24, 2.45) is 0 Å². The summed E-state index contributed by atoms with van der Waals surface area (Å²) in [5.74, 6) is -0.768. The van der Waals surface area contributed by atoms with Gasteiger partial charge in [-0.25, -0.2) is 8.42 Å². The molecule has 3 aromatic rings. The predicted octanol–water partition coefficient (Wildman–Crippen LogP) is 5.87. The maximum Gasteiger partial charge on any atom is 0.264 e. The molecule has 0 saturated carbocycles. The Balaban J connectivity index is 2.05. The molecule has 0 bridgehead atoms. The Kier molecular flexibility index (Phi) is 10.8. The molecule has 0 spiro atoms. The molecule has 0 unspecified atom stereocenters. The Morgan fingerprint density at radius 1 is 0.900 bits per heavy atom. The summed E-state index contributed by atoms with van der Waals surface area (Å²) in [5.41, 5.74) is 3.07. The lowest BCUT2D eigenvalue weighted by atomic mass is 10.1. The second-order valence-corrected chi connectivity index (χ2v) is 12.4. The molecule has 1 N–H and O–H groups in total. The fraction of sp³-hybridized carbons (Fsp3) is 0.355. The molecule has 0 aromatic heterocycles. The van der Waals surface area contributed by atoms with Gasteiger partial charge in [-0.3, -0.25) is 13.9 Å². The molecule has 7 nitrogen and oxygen atoms in total. The number of hydrogen-bond donors (Lipinski definition) is 1. The van der Waals surface area contributed by atoms with Crippen LogP contribution >= 0.6 is 11.6 Å². The van der Waals surface area contributed by atoms with Crippen molar-refractivity contribution in [3.05, 3.63) is 94.5 Å². The molecule has 3 rings (SSSR count). The van der Waals surface area contributed by atoms with E-state index in [1.807, 2.05) is 58.9 Å². The second kappa shape index (κ2) is 13.8. The van der Waals surface area contributed by atoms with Gasteiger partial charge in [0.1, 0.15) is 12.6 Å². The number of carbonyl (C=O) groups is 2. The van der Waals surface area contributed by atoms with Crippen LogP contribution in [-0.4, -0.2) is 43.8 Å². The number of amides is 2. The number of carbonyl (C=O) groups excluding carboxylic acids is 2. The lowest BCUT2D eigenvalue weighted by molar-refractivity contribution is -0.140. The second-order valence-electron chi connectivity index (χ2n) is 10.1. The van der Waals surface area contributed by atoms with Gasteiger partial charge >= 0.3 is 0 Å². The van der Waals surface area contributed by atoms with Crippen LogP contribution in [0.3, 0.4) is 0 Å². The molecular weight excluding hydrogens is 546 g/mol. The topological polar surface area (TPSA) is 86.8 Å². The summed E-state index contributed by atoms with van der Waals surface area (Å²) in [7, 11) is -4.14. The summed E-state index contributed by atoms with van der Waals surface area (Å²) in [6.07, 6.45) is 1.10. The maximum atomic E-state index is 14.1. The third-order valence-corrected chi connectivity index (χ3v) is 8.87.